The first kappa shape index (κ1) is 13.5. The van der Waals surface area contributed by atoms with Crippen LogP contribution in [-0.2, 0) is 4.79 Å². The van der Waals surface area contributed by atoms with Gasteiger partial charge in [0.05, 0.1) is 0 Å². The van der Waals surface area contributed by atoms with Gasteiger partial charge in [-0.25, -0.2) is 0 Å². The van der Waals surface area contributed by atoms with E-state index in [1.165, 1.54) is 32.1 Å². The zero-order chi connectivity index (χ0) is 13.5. The highest BCUT2D eigenvalue weighted by atomic mass is 32.2. The molecule has 0 aromatic carbocycles. The molecule has 0 aromatic rings. The first-order chi connectivity index (χ1) is 9.12. The second kappa shape index (κ2) is 5.12. The van der Waals surface area contributed by atoms with Gasteiger partial charge in [-0.05, 0) is 50.9 Å². The van der Waals surface area contributed by atoms with Gasteiger partial charge in [-0.15, -0.1) is 0 Å². The van der Waals surface area contributed by atoms with Crippen LogP contribution in [0.5, 0.6) is 0 Å². The predicted molar refractivity (Wildman–Crippen MR) is 80.3 cm³/mol. The molecule has 3 unspecified atom stereocenters. The molecule has 2 fully saturated rings. The number of hydrogen-bond acceptors (Lipinski definition) is 3. The van der Waals surface area contributed by atoms with Crippen molar-refractivity contribution in [3.63, 3.8) is 0 Å². The first-order valence-electron chi connectivity index (χ1n) is 7.71. The Balaban J connectivity index is 1.65. The summed E-state index contributed by atoms with van der Waals surface area (Å²) in [6.45, 7) is 4.17. The second-order valence-electron chi connectivity index (χ2n) is 6.50. The van der Waals surface area contributed by atoms with Crippen LogP contribution in [0.4, 0.5) is 0 Å². The quantitative estimate of drug-likeness (QED) is 0.862. The molecule has 3 rings (SSSR count). The van der Waals surface area contributed by atoms with Gasteiger partial charge < -0.3 is 5.32 Å². The van der Waals surface area contributed by atoms with Gasteiger partial charge in [0.1, 0.15) is 4.75 Å². The molecule has 2 saturated carbocycles. The number of carbonyl (C=O) groups excluding carboxylic acids is 1. The third-order valence-corrected chi connectivity index (χ3v) is 6.30. The molecule has 1 aliphatic heterocycles. The first-order valence-corrected chi connectivity index (χ1v) is 8.53. The number of aliphatic imine (C=N–C) groups is 1. The Morgan fingerprint density at radius 3 is 2.63 bits per heavy atom. The molecule has 0 spiro atoms. The summed E-state index contributed by atoms with van der Waals surface area (Å²) in [5, 5.41) is 4.51. The third-order valence-electron chi connectivity index (χ3n) is 5.07. The Morgan fingerprint density at radius 2 is 2.00 bits per heavy atom. The summed E-state index contributed by atoms with van der Waals surface area (Å²) >= 11 is 1.66. The van der Waals surface area contributed by atoms with E-state index in [1.807, 2.05) is 6.92 Å². The normalized spacial score (nSPS) is 41.5. The van der Waals surface area contributed by atoms with Crippen LogP contribution in [0.3, 0.4) is 0 Å². The summed E-state index contributed by atoms with van der Waals surface area (Å²) in [5.74, 6) is 1.69. The molecule has 19 heavy (non-hydrogen) atoms. The molecule has 2 bridgehead atoms. The van der Waals surface area contributed by atoms with Gasteiger partial charge in [-0.2, -0.15) is 4.99 Å². The minimum atomic E-state index is -0.315. The van der Waals surface area contributed by atoms with Crippen molar-refractivity contribution in [2.45, 2.75) is 69.6 Å². The van der Waals surface area contributed by atoms with Gasteiger partial charge >= 0.3 is 0 Å². The van der Waals surface area contributed by atoms with E-state index in [1.54, 1.807) is 11.8 Å². The van der Waals surface area contributed by atoms with Crippen molar-refractivity contribution in [3.8, 4) is 0 Å². The fourth-order valence-electron chi connectivity index (χ4n) is 4.03. The Kier molecular flexibility index (Phi) is 3.63. The summed E-state index contributed by atoms with van der Waals surface area (Å²) < 4.78 is -0.315. The maximum Gasteiger partial charge on any atom is 0.264 e. The van der Waals surface area contributed by atoms with E-state index in [9.17, 15) is 4.79 Å². The lowest BCUT2D eigenvalue weighted by Crippen LogP contribution is -2.42. The summed E-state index contributed by atoms with van der Waals surface area (Å²) in [7, 11) is 0. The van der Waals surface area contributed by atoms with E-state index in [0.29, 0.717) is 6.04 Å². The Labute approximate surface area is 120 Å². The summed E-state index contributed by atoms with van der Waals surface area (Å²) in [4.78, 5) is 16.3. The maximum absolute atomic E-state index is 12.1. The van der Waals surface area contributed by atoms with E-state index in [4.69, 9.17) is 0 Å². The molecule has 1 amide bonds. The Hall–Kier alpha value is -0.510. The number of amidine groups is 1. The Morgan fingerprint density at radius 1 is 1.32 bits per heavy atom. The van der Waals surface area contributed by atoms with E-state index >= 15 is 0 Å². The monoisotopic (exact) mass is 280 g/mol. The highest BCUT2D eigenvalue weighted by Crippen LogP contribution is 2.44. The average molecular weight is 280 g/mol. The largest absolute Gasteiger partial charge is 0.361 e. The van der Waals surface area contributed by atoms with Crippen molar-refractivity contribution in [2.24, 2.45) is 16.8 Å². The molecule has 0 radical (unpaired) electrons. The van der Waals surface area contributed by atoms with Gasteiger partial charge in [-0.3, -0.25) is 4.79 Å². The molecule has 1 N–H and O–H groups in total. The van der Waals surface area contributed by atoms with Gasteiger partial charge in [0.25, 0.3) is 5.91 Å². The highest BCUT2D eigenvalue weighted by molar-refractivity contribution is 8.16. The van der Waals surface area contributed by atoms with E-state index in [2.05, 4.69) is 17.2 Å². The summed E-state index contributed by atoms with van der Waals surface area (Å²) in [6, 6.07) is 0.580. The molecule has 106 valence electrons. The zero-order valence-corrected chi connectivity index (χ0v) is 12.8. The van der Waals surface area contributed by atoms with Crippen molar-refractivity contribution in [1.82, 2.24) is 5.32 Å². The van der Waals surface area contributed by atoms with Crippen molar-refractivity contribution in [2.75, 3.05) is 0 Å². The molecule has 2 aliphatic carbocycles. The minimum absolute atomic E-state index is 0.0602. The van der Waals surface area contributed by atoms with Crippen LogP contribution in [0.1, 0.15) is 58.8 Å². The molecular formula is C15H24N2OS. The van der Waals surface area contributed by atoms with Gasteiger partial charge in [-0.1, -0.05) is 31.5 Å². The molecule has 3 nitrogen and oxygen atoms in total. The number of fused-ring (bicyclic) bond motifs is 2. The van der Waals surface area contributed by atoms with Crippen molar-refractivity contribution in [3.05, 3.63) is 0 Å². The Bertz CT molecular complexity index is 393. The molecule has 4 heteroatoms. The van der Waals surface area contributed by atoms with Crippen LogP contribution in [0.15, 0.2) is 4.99 Å². The lowest BCUT2D eigenvalue weighted by Gasteiger charge is -2.31. The minimum Gasteiger partial charge on any atom is -0.361 e. The zero-order valence-electron chi connectivity index (χ0n) is 11.9. The lowest BCUT2D eigenvalue weighted by molar-refractivity contribution is -0.119. The lowest BCUT2D eigenvalue weighted by atomic mass is 9.84. The van der Waals surface area contributed by atoms with Crippen LogP contribution in [0.2, 0.25) is 0 Å². The number of nitrogens with one attached hydrogen (secondary N) is 1. The van der Waals surface area contributed by atoms with Crippen molar-refractivity contribution in [1.29, 1.82) is 0 Å². The average Bonchev–Trinajstić information content (AvgIpc) is 2.75. The van der Waals surface area contributed by atoms with Crippen LogP contribution in [0.25, 0.3) is 0 Å². The standard InChI is InChI=1S/C15H24N2OS/c1-3-9-15(2)13(18)17-14(19-15)16-12-10-5-4-6-11(12)8-7-10/h10-12H,3-9H2,1-2H3,(H,16,17,18). The topological polar surface area (TPSA) is 41.5 Å². The summed E-state index contributed by atoms with van der Waals surface area (Å²) in [6.07, 6.45) is 8.77. The fourth-order valence-corrected chi connectivity index (χ4v) is 5.22. The molecule has 0 aromatic heterocycles. The molecule has 3 aliphatic rings. The molecule has 1 heterocycles. The van der Waals surface area contributed by atoms with Crippen LogP contribution >= 0.6 is 11.8 Å². The van der Waals surface area contributed by atoms with Crippen LogP contribution in [0, 0.1) is 11.8 Å². The van der Waals surface area contributed by atoms with Crippen molar-refractivity contribution >= 4 is 22.8 Å². The van der Waals surface area contributed by atoms with Crippen molar-refractivity contribution < 1.29 is 4.79 Å². The molecule has 3 atom stereocenters. The van der Waals surface area contributed by atoms with E-state index in [0.717, 1.165) is 29.8 Å². The van der Waals surface area contributed by atoms with Gasteiger partial charge in [0.15, 0.2) is 5.17 Å². The molecular weight excluding hydrogens is 256 g/mol. The highest BCUT2D eigenvalue weighted by Gasteiger charge is 2.44. The maximum atomic E-state index is 12.1. The van der Waals surface area contributed by atoms with Crippen LogP contribution < -0.4 is 5.32 Å². The number of hydrogen-bond donors (Lipinski definition) is 1. The summed E-state index contributed by atoms with van der Waals surface area (Å²) in [5.41, 5.74) is 0. The van der Waals surface area contributed by atoms with E-state index in [-0.39, 0.29) is 10.7 Å². The number of amides is 1. The van der Waals surface area contributed by atoms with Gasteiger partial charge in [0.2, 0.25) is 0 Å². The van der Waals surface area contributed by atoms with Crippen LogP contribution in [-0.4, -0.2) is 21.9 Å². The van der Waals surface area contributed by atoms with Gasteiger partial charge in [0, 0.05) is 6.04 Å². The third kappa shape index (κ3) is 2.44. The number of carbonyl (C=O) groups is 1. The smallest absolute Gasteiger partial charge is 0.264 e. The molecule has 0 saturated heterocycles. The van der Waals surface area contributed by atoms with E-state index < -0.39 is 0 Å². The fraction of sp³-hybridized carbons (Fsp3) is 0.867. The number of thioether (sulfide) groups is 1. The number of nitrogens with zero attached hydrogens (tertiary/aromatic N) is 1. The second-order valence-corrected chi connectivity index (χ2v) is 8.00. The number of rotatable bonds is 3. The predicted octanol–water partition coefficient (Wildman–Crippen LogP) is 3.34. The SMILES string of the molecule is CCCC1(C)SC(NC2C3CCCC2CC3)=NC1=O.